The Morgan fingerprint density at radius 1 is 0.636 bits per heavy atom. The van der Waals surface area contributed by atoms with Gasteiger partial charge in [0.05, 0.1) is 0 Å². The summed E-state index contributed by atoms with van der Waals surface area (Å²) in [6, 6.07) is 8.00. The van der Waals surface area contributed by atoms with Gasteiger partial charge in [-0.05, 0) is 73.3 Å². The summed E-state index contributed by atoms with van der Waals surface area (Å²) in [5.74, 6) is -1.07. The topological polar surface area (TPSA) is 78.9 Å². The van der Waals surface area contributed by atoms with Gasteiger partial charge in [-0.15, -0.1) is 0 Å². The van der Waals surface area contributed by atoms with E-state index in [4.69, 9.17) is 14.2 Å². The van der Waals surface area contributed by atoms with Gasteiger partial charge >= 0.3 is 17.9 Å². The maximum absolute atomic E-state index is 13.7. The minimum absolute atomic E-state index is 0.160. The molecule has 0 N–H and O–H groups in total. The third-order valence-corrected chi connectivity index (χ3v) is 7.75. The molecule has 0 heterocycles. The van der Waals surface area contributed by atoms with Crippen molar-refractivity contribution in [1.29, 1.82) is 0 Å². The number of aryl methyl sites for hydroxylation is 1. The van der Waals surface area contributed by atoms with Crippen molar-refractivity contribution in [2.24, 2.45) is 5.41 Å². The van der Waals surface area contributed by atoms with E-state index in [9.17, 15) is 14.4 Å². The molecule has 0 amide bonds. The van der Waals surface area contributed by atoms with E-state index in [1.807, 2.05) is 72.7 Å². The van der Waals surface area contributed by atoms with Crippen LogP contribution in [-0.2, 0) is 35.2 Å². The van der Waals surface area contributed by atoms with E-state index in [-0.39, 0.29) is 5.97 Å². The number of carbonyl (C=O) groups excluding carboxylic acids is 3. The van der Waals surface area contributed by atoms with Crippen LogP contribution in [0.1, 0.15) is 169 Å². The third-order valence-electron chi connectivity index (χ3n) is 7.75. The van der Waals surface area contributed by atoms with Crippen LogP contribution in [0.5, 0.6) is 0 Å². The van der Waals surface area contributed by atoms with Crippen LogP contribution >= 0.6 is 0 Å². The van der Waals surface area contributed by atoms with E-state index in [1.165, 1.54) is 32.1 Å². The molecule has 0 aliphatic heterocycles. The summed E-state index contributed by atoms with van der Waals surface area (Å²) in [5, 5.41) is 0. The highest BCUT2D eigenvalue weighted by Crippen LogP contribution is 2.38. The Hall–Kier alpha value is -2.37. The molecule has 0 fully saturated rings. The predicted molar refractivity (Wildman–Crippen MR) is 179 cm³/mol. The first kappa shape index (κ1) is 39.7. The number of unbranched alkanes of at least 4 members (excludes halogenated alkanes) is 12. The van der Waals surface area contributed by atoms with Gasteiger partial charge < -0.3 is 14.2 Å². The fourth-order valence-corrected chi connectivity index (χ4v) is 5.37. The second-order valence-electron chi connectivity index (χ2n) is 14.6. The quantitative estimate of drug-likeness (QED) is 0.0558. The molecule has 0 bridgehead atoms. The number of benzene rings is 1. The zero-order valence-electron chi connectivity index (χ0n) is 29.5. The summed E-state index contributed by atoms with van der Waals surface area (Å²) in [6.07, 6.45) is 15.8. The molecule has 1 aromatic rings. The Balaban J connectivity index is 2.64. The minimum Gasteiger partial charge on any atom is -0.461 e. The number of carbonyl (C=O) groups is 3. The molecular weight excluding hydrogens is 552 g/mol. The SMILES string of the molecule is CCCCCCCCCCC(CCCCCCCCC(=O)OCc1cccc(C)c1)(C(=O)OC(C)(C)C)C(=O)OC(C)(C)C. The Morgan fingerprint density at radius 3 is 1.55 bits per heavy atom. The minimum atomic E-state index is -1.29. The van der Waals surface area contributed by atoms with Crippen molar-refractivity contribution in [2.75, 3.05) is 0 Å². The van der Waals surface area contributed by atoms with E-state index in [2.05, 4.69) is 6.92 Å². The lowest BCUT2D eigenvalue weighted by atomic mass is 9.77. The molecule has 0 spiro atoms. The highest BCUT2D eigenvalue weighted by Gasteiger charge is 2.50. The third kappa shape index (κ3) is 17.8. The molecule has 0 atom stereocenters. The Morgan fingerprint density at radius 2 is 1.09 bits per heavy atom. The van der Waals surface area contributed by atoms with Crippen LogP contribution in [0.15, 0.2) is 24.3 Å². The average Bonchev–Trinajstić information content (AvgIpc) is 2.91. The maximum Gasteiger partial charge on any atom is 0.324 e. The lowest BCUT2D eigenvalue weighted by Gasteiger charge is -2.35. The van der Waals surface area contributed by atoms with E-state index in [1.54, 1.807) is 0 Å². The van der Waals surface area contributed by atoms with Gasteiger partial charge in [0.25, 0.3) is 0 Å². The van der Waals surface area contributed by atoms with Crippen molar-refractivity contribution < 1.29 is 28.6 Å². The number of rotatable bonds is 22. The van der Waals surface area contributed by atoms with Gasteiger partial charge in [0.1, 0.15) is 17.8 Å². The van der Waals surface area contributed by atoms with Crippen LogP contribution in [0, 0.1) is 12.3 Å². The number of ether oxygens (including phenoxy) is 3. The smallest absolute Gasteiger partial charge is 0.324 e. The lowest BCUT2D eigenvalue weighted by Crippen LogP contribution is -2.46. The Bertz CT molecular complexity index is 940. The Labute approximate surface area is 269 Å². The fraction of sp³-hybridized carbons (Fsp3) is 0.763. The van der Waals surface area contributed by atoms with Gasteiger partial charge in [0.15, 0.2) is 5.41 Å². The highest BCUT2D eigenvalue weighted by atomic mass is 16.6. The first-order valence-electron chi connectivity index (χ1n) is 17.4. The molecule has 44 heavy (non-hydrogen) atoms. The largest absolute Gasteiger partial charge is 0.461 e. The number of hydrogen-bond acceptors (Lipinski definition) is 6. The highest BCUT2D eigenvalue weighted by molar-refractivity contribution is 6.00. The fourth-order valence-electron chi connectivity index (χ4n) is 5.37. The maximum atomic E-state index is 13.7. The van der Waals surface area contributed by atoms with Gasteiger partial charge in [0.2, 0.25) is 0 Å². The molecule has 0 saturated heterocycles. The molecule has 0 aliphatic carbocycles. The lowest BCUT2D eigenvalue weighted by molar-refractivity contribution is -0.187. The van der Waals surface area contributed by atoms with Crippen LogP contribution in [0.2, 0.25) is 0 Å². The van der Waals surface area contributed by atoms with Crippen LogP contribution in [0.25, 0.3) is 0 Å². The molecule has 252 valence electrons. The van der Waals surface area contributed by atoms with E-state index in [0.29, 0.717) is 25.9 Å². The zero-order chi connectivity index (χ0) is 33.1. The molecule has 0 saturated carbocycles. The van der Waals surface area contributed by atoms with Crippen LogP contribution in [-0.4, -0.2) is 29.1 Å². The van der Waals surface area contributed by atoms with Crippen molar-refractivity contribution in [3.63, 3.8) is 0 Å². The Kier molecular flexibility index (Phi) is 18.6. The summed E-state index contributed by atoms with van der Waals surface area (Å²) < 4.78 is 17.2. The van der Waals surface area contributed by atoms with Crippen LogP contribution in [0.3, 0.4) is 0 Å². The molecular formula is C38H64O6. The van der Waals surface area contributed by atoms with Crippen molar-refractivity contribution in [3.05, 3.63) is 35.4 Å². The average molecular weight is 617 g/mol. The van der Waals surface area contributed by atoms with E-state index >= 15 is 0 Å². The van der Waals surface area contributed by atoms with E-state index in [0.717, 1.165) is 68.9 Å². The second kappa shape index (κ2) is 20.6. The van der Waals surface area contributed by atoms with Crippen LogP contribution < -0.4 is 0 Å². The van der Waals surface area contributed by atoms with Gasteiger partial charge in [-0.3, -0.25) is 14.4 Å². The van der Waals surface area contributed by atoms with Crippen LogP contribution in [0.4, 0.5) is 0 Å². The normalized spacial score (nSPS) is 12.2. The number of hydrogen-bond donors (Lipinski definition) is 0. The van der Waals surface area contributed by atoms with Gasteiger partial charge in [-0.2, -0.15) is 0 Å². The molecule has 0 aromatic heterocycles. The second-order valence-corrected chi connectivity index (χ2v) is 14.6. The van der Waals surface area contributed by atoms with E-state index < -0.39 is 28.6 Å². The van der Waals surface area contributed by atoms with Crippen molar-refractivity contribution in [1.82, 2.24) is 0 Å². The monoisotopic (exact) mass is 616 g/mol. The summed E-state index contributed by atoms with van der Waals surface area (Å²) in [6.45, 7) is 15.6. The predicted octanol–water partition coefficient (Wildman–Crippen LogP) is 10.4. The van der Waals surface area contributed by atoms with Crippen molar-refractivity contribution in [3.8, 4) is 0 Å². The summed E-state index contributed by atoms with van der Waals surface area (Å²) in [4.78, 5) is 39.6. The first-order valence-corrected chi connectivity index (χ1v) is 17.4. The summed E-state index contributed by atoms with van der Waals surface area (Å²) >= 11 is 0. The zero-order valence-corrected chi connectivity index (χ0v) is 29.5. The molecule has 0 radical (unpaired) electrons. The van der Waals surface area contributed by atoms with Crippen molar-refractivity contribution in [2.45, 2.75) is 182 Å². The molecule has 6 heteroatoms. The van der Waals surface area contributed by atoms with Gasteiger partial charge in [-0.1, -0.05) is 120 Å². The molecule has 0 aliphatic rings. The summed E-state index contributed by atoms with van der Waals surface area (Å²) in [7, 11) is 0. The van der Waals surface area contributed by atoms with Gasteiger partial charge in [-0.25, -0.2) is 0 Å². The first-order chi connectivity index (χ1) is 20.7. The summed E-state index contributed by atoms with van der Waals surface area (Å²) in [5.41, 5.74) is -0.504. The molecule has 6 nitrogen and oxygen atoms in total. The van der Waals surface area contributed by atoms with Crippen molar-refractivity contribution >= 4 is 17.9 Å². The van der Waals surface area contributed by atoms with Gasteiger partial charge in [0, 0.05) is 6.42 Å². The number of esters is 3. The standard InChI is InChI=1S/C38H64O6/c1-9-10-11-12-13-15-18-21-27-38(34(40)43-36(3,4)5,35(41)44-37(6,7)8)28-22-19-16-14-17-20-26-33(39)42-30-32-25-23-24-31(2)29-32/h23-25,29H,9-22,26-28,30H2,1-8H3. The molecule has 1 aromatic carbocycles. The molecule has 1 rings (SSSR count). The molecule has 0 unspecified atom stereocenters.